The summed E-state index contributed by atoms with van der Waals surface area (Å²) in [7, 11) is 0. The molecule has 0 aliphatic rings. The molecule has 4 heterocycles. The average Bonchev–Trinajstić information content (AvgIpc) is 3.30. The van der Waals surface area contributed by atoms with Crippen molar-refractivity contribution in [3.8, 4) is 10.6 Å². The molecular formula is C17H15N5OS. The molecule has 0 spiro atoms. The lowest BCUT2D eigenvalue weighted by Crippen LogP contribution is -2.23. The van der Waals surface area contributed by atoms with Crippen LogP contribution in [0, 0.1) is 6.92 Å². The van der Waals surface area contributed by atoms with Crippen molar-refractivity contribution in [3.63, 3.8) is 0 Å². The zero-order valence-corrected chi connectivity index (χ0v) is 13.8. The van der Waals surface area contributed by atoms with E-state index in [1.54, 1.807) is 17.4 Å². The van der Waals surface area contributed by atoms with Gasteiger partial charge in [-0.05, 0) is 36.6 Å². The van der Waals surface area contributed by atoms with E-state index in [9.17, 15) is 4.79 Å². The molecule has 0 radical (unpaired) electrons. The Kier molecular flexibility index (Phi) is 3.62. The number of carbonyl (C=O) groups excluding carboxylic acids is 1. The molecule has 4 rings (SSSR count). The number of pyridine rings is 1. The van der Waals surface area contributed by atoms with Crippen LogP contribution in [-0.4, -0.2) is 25.5 Å². The lowest BCUT2D eigenvalue weighted by atomic mass is 10.3. The first-order valence-corrected chi connectivity index (χ1v) is 8.40. The Bertz CT molecular complexity index is 999. The van der Waals surface area contributed by atoms with Gasteiger partial charge in [-0.25, -0.2) is 4.98 Å². The average molecular weight is 337 g/mol. The van der Waals surface area contributed by atoms with Crippen LogP contribution >= 0.6 is 11.3 Å². The van der Waals surface area contributed by atoms with Gasteiger partial charge >= 0.3 is 0 Å². The molecule has 0 aliphatic heterocycles. The van der Waals surface area contributed by atoms with Crippen molar-refractivity contribution in [2.24, 2.45) is 0 Å². The number of rotatable bonds is 4. The largest absolute Gasteiger partial charge is 0.345 e. The van der Waals surface area contributed by atoms with E-state index >= 15 is 0 Å². The van der Waals surface area contributed by atoms with Gasteiger partial charge in [0.05, 0.1) is 22.8 Å². The van der Waals surface area contributed by atoms with E-state index in [2.05, 4.69) is 20.5 Å². The van der Waals surface area contributed by atoms with Crippen molar-refractivity contribution >= 4 is 22.9 Å². The first-order valence-electron chi connectivity index (χ1n) is 7.52. The third-order valence-electron chi connectivity index (χ3n) is 3.77. The van der Waals surface area contributed by atoms with Gasteiger partial charge in [0.25, 0.3) is 5.91 Å². The van der Waals surface area contributed by atoms with Gasteiger partial charge in [0.2, 0.25) is 0 Å². The maximum Gasteiger partial charge on any atom is 0.272 e. The highest BCUT2D eigenvalue weighted by molar-refractivity contribution is 7.13. The van der Waals surface area contributed by atoms with E-state index in [1.807, 2.05) is 53.2 Å². The van der Waals surface area contributed by atoms with Gasteiger partial charge in [-0.3, -0.25) is 9.89 Å². The molecule has 6 nitrogen and oxygen atoms in total. The van der Waals surface area contributed by atoms with Crippen molar-refractivity contribution in [3.05, 3.63) is 65.1 Å². The number of aromatic amines is 1. The highest BCUT2D eigenvalue weighted by Gasteiger charge is 2.12. The van der Waals surface area contributed by atoms with Gasteiger partial charge in [-0.1, -0.05) is 12.1 Å². The Labute approximate surface area is 142 Å². The summed E-state index contributed by atoms with van der Waals surface area (Å²) in [6.07, 6.45) is 1.94. The number of fused-ring (bicyclic) bond motifs is 1. The van der Waals surface area contributed by atoms with Crippen LogP contribution in [-0.2, 0) is 6.54 Å². The van der Waals surface area contributed by atoms with Crippen LogP contribution < -0.4 is 5.32 Å². The number of nitrogens with one attached hydrogen (secondary N) is 2. The molecule has 0 saturated heterocycles. The second-order valence-electron chi connectivity index (χ2n) is 5.45. The summed E-state index contributed by atoms with van der Waals surface area (Å²) in [5, 5.41) is 11.8. The summed E-state index contributed by atoms with van der Waals surface area (Å²) in [4.78, 5) is 17.8. The molecule has 7 heteroatoms. The number of imidazole rings is 1. The normalized spacial score (nSPS) is 11.0. The van der Waals surface area contributed by atoms with E-state index in [0.717, 1.165) is 27.6 Å². The predicted molar refractivity (Wildman–Crippen MR) is 93.0 cm³/mol. The first kappa shape index (κ1) is 14.6. The Hall–Kier alpha value is -2.93. The van der Waals surface area contributed by atoms with Crippen LogP contribution in [0.1, 0.15) is 21.9 Å². The molecule has 0 fully saturated rings. The summed E-state index contributed by atoms with van der Waals surface area (Å²) in [5.41, 5.74) is 4.01. The monoisotopic (exact) mass is 337 g/mol. The second kappa shape index (κ2) is 5.93. The minimum absolute atomic E-state index is 0.220. The molecular weight excluding hydrogens is 322 g/mol. The Balaban J connectivity index is 1.47. The van der Waals surface area contributed by atoms with Crippen LogP contribution in [0.15, 0.2) is 48.0 Å². The fourth-order valence-corrected chi connectivity index (χ4v) is 3.23. The molecule has 24 heavy (non-hydrogen) atoms. The Morgan fingerprint density at radius 1 is 1.33 bits per heavy atom. The third-order valence-corrected chi connectivity index (χ3v) is 4.68. The molecule has 1 amide bonds. The number of carbonyl (C=O) groups is 1. The van der Waals surface area contributed by atoms with E-state index in [-0.39, 0.29) is 5.91 Å². The lowest BCUT2D eigenvalue weighted by molar-refractivity contribution is 0.0945. The number of thiophene rings is 1. The highest BCUT2D eigenvalue weighted by Crippen LogP contribution is 2.22. The van der Waals surface area contributed by atoms with Crippen LogP contribution in [0.25, 0.3) is 16.2 Å². The third kappa shape index (κ3) is 2.69. The Morgan fingerprint density at radius 2 is 2.25 bits per heavy atom. The molecule has 0 bridgehead atoms. The van der Waals surface area contributed by atoms with Crippen LogP contribution in [0.3, 0.4) is 0 Å². The summed E-state index contributed by atoms with van der Waals surface area (Å²) in [5.74, 6) is -0.220. The van der Waals surface area contributed by atoms with Gasteiger partial charge in [-0.15, -0.1) is 11.3 Å². The van der Waals surface area contributed by atoms with Gasteiger partial charge in [0.1, 0.15) is 5.65 Å². The van der Waals surface area contributed by atoms with Crippen molar-refractivity contribution in [2.75, 3.05) is 0 Å². The molecule has 0 atom stereocenters. The van der Waals surface area contributed by atoms with Crippen molar-refractivity contribution < 1.29 is 4.79 Å². The van der Waals surface area contributed by atoms with Crippen molar-refractivity contribution in [1.29, 1.82) is 0 Å². The molecule has 4 aromatic heterocycles. The minimum atomic E-state index is -0.220. The van der Waals surface area contributed by atoms with E-state index < -0.39 is 0 Å². The standard InChI is InChI=1S/C17H15N5OS/c1-11-4-2-6-16-19-12(10-22(11)16)9-18-17(23)14-8-13(20-21-14)15-5-3-7-24-15/h2-8,10H,9H2,1H3,(H,18,23)(H,20,21). The van der Waals surface area contributed by atoms with Gasteiger partial charge < -0.3 is 9.72 Å². The first-order chi connectivity index (χ1) is 11.7. The van der Waals surface area contributed by atoms with Gasteiger partial charge in [-0.2, -0.15) is 5.10 Å². The topological polar surface area (TPSA) is 75.1 Å². The SMILES string of the molecule is Cc1cccc2nc(CNC(=O)c3cc(-c4cccs4)[nH]n3)cn12. The smallest absolute Gasteiger partial charge is 0.272 e. The number of aromatic nitrogens is 4. The van der Waals surface area contributed by atoms with Gasteiger partial charge in [0.15, 0.2) is 5.69 Å². The van der Waals surface area contributed by atoms with E-state index in [4.69, 9.17) is 0 Å². The zero-order chi connectivity index (χ0) is 16.5. The number of amides is 1. The van der Waals surface area contributed by atoms with Gasteiger partial charge in [0, 0.05) is 11.9 Å². The number of H-pyrrole nitrogens is 1. The maximum absolute atomic E-state index is 12.3. The predicted octanol–water partition coefficient (Wildman–Crippen LogP) is 3.02. The highest BCUT2D eigenvalue weighted by atomic mass is 32.1. The molecule has 4 aromatic rings. The Morgan fingerprint density at radius 3 is 3.04 bits per heavy atom. The van der Waals surface area contributed by atoms with Crippen LogP contribution in [0.5, 0.6) is 0 Å². The van der Waals surface area contributed by atoms with E-state index in [0.29, 0.717) is 12.2 Å². The summed E-state index contributed by atoms with van der Waals surface area (Å²) in [6, 6.07) is 11.6. The molecule has 0 unspecified atom stereocenters. The molecule has 0 aromatic carbocycles. The number of aryl methyl sites for hydroxylation is 1. The molecule has 0 saturated carbocycles. The molecule has 120 valence electrons. The fourth-order valence-electron chi connectivity index (χ4n) is 2.54. The number of hydrogen-bond donors (Lipinski definition) is 2. The van der Waals surface area contributed by atoms with Crippen LogP contribution in [0.4, 0.5) is 0 Å². The fraction of sp³-hybridized carbons (Fsp3) is 0.118. The molecule has 2 N–H and O–H groups in total. The van der Waals surface area contributed by atoms with Crippen molar-refractivity contribution in [2.45, 2.75) is 13.5 Å². The minimum Gasteiger partial charge on any atom is -0.345 e. The number of nitrogens with zero attached hydrogens (tertiary/aromatic N) is 3. The van der Waals surface area contributed by atoms with E-state index in [1.165, 1.54) is 0 Å². The maximum atomic E-state index is 12.3. The number of hydrogen-bond acceptors (Lipinski definition) is 4. The quantitative estimate of drug-likeness (QED) is 0.601. The summed E-state index contributed by atoms with van der Waals surface area (Å²) >= 11 is 1.60. The summed E-state index contributed by atoms with van der Waals surface area (Å²) in [6.45, 7) is 2.38. The zero-order valence-electron chi connectivity index (χ0n) is 13.0. The lowest BCUT2D eigenvalue weighted by Gasteiger charge is -1.99. The van der Waals surface area contributed by atoms with Crippen molar-refractivity contribution in [1.82, 2.24) is 24.9 Å². The van der Waals surface area contributed by atoms with Crippen LogP contribution in [0.2, 0.25) is 0 Å². The summed E-state index contributed by atoms with van der Waals surface area (Å²) < 4.78 is 2.00. The molecule has 0 aliphatic carbocycles. The second-order valence-corrected chi connectivity index (χ2v) is 6.40.